The predicted octanol–water partition coefficient (Wildman–Crippen LogP) is 3.21. The van der Waals surface area contributed by atoms with Crippen LogP contribution in [0, 0.1) is 10.1 Å². The zero-order valence-corrected chi connectivity index (χ0v) is 12.3. The molecular weight excluding hydrogens is 280 g/mol. The van der Waals surface area contributed by atoms with E-state index in [1.165, 1.54) is 23.3 Å². The van der Waals surface area contributed by atoms with E-state index < -0.39 is 11.0 Å². The molecule has 0 radical (unpaired) electrons. The fraction of sp³-hybridized carbons (Fsp3) is 0.294. The lowest BCUT2D eigenvalue weighted by atomic mass is 9.96. The minimum absolute atomic E-state index is 0.0410. The molecule has 0 bridgehead atoms. The molecule has 1 aliphatic rings. The van der Waals surface area contributed by atoms with Crippen molar-refractivity contribution in [3.05, 3.63) is 75.3 Å². The summed E-state index contributed by atoms with van der Waals surface area (Å²) in [5.74, 6) is 0. The second-order valence-corrected chi connectivity index (χ2v) is 5.73. The summed E-state index contributed by atoms with van der Waals surface area (Å²) in [6.07, 6.45) is -0.0647. The van der Waals surface area contributed by atoms with Crippen molar-refractivity contribution in [2.45, 2.75) is 25.1 Å². The molecule has 3 rings (SSSR count). The Morgan fingerprint density at radius 2 is 1.95 bits per heavy atom. The molecule has 1 N–H and O–H groups in total. The van der Waals surface area contributed by atoms with Crippen LogP contribution in [0.4, 0.5) is 5.69 Å². The van der Waals surface area contributed by atoms with Gasteiger partial charge >= 0.3 is 0 Å². The monoisotopic (exact) mass is 298 g/mol. The minimum Gasteiger partial charge on any atom is -0.388 e. The van der Waals surface area contributed by atoms with Crippen LogP contribution in [0.25, 0.3) is 0 Å². The molecule has 2 aromatic rings. The largest absolute Gasteiger partial charge is 0.388 e. The number of hydrogen-bond donors (Lipinski definition) is 1. The van der Waals surface area contributed by atoms with Crippen LogP contribution in [0.5, 0.6) is 0 Å². The fourth-order valence-corrected chi connectivity index (χ4v) is 3.09. The van der Waals surface area contributed by atoms with E-state index in [1.54, 1.807) is 12.1 Å². The summed E-state index contributed by atoms with van der Waals surface area (Å²) in [7, 11) is 2.05. The maximum Gasteiger partial charge on any atom is 0.269 e. The number of non-ortho nitro benzene ring substituents is 1. The van der Waals surface area contributed by atoms with E-state index in [2.05, 4.69) is 17.0 Å². The van der Waals surface area contributed by atoms with Gasteiger partial charge in [0.1, 0.15) is 0 Å². The molecule has 0 unspecified atom stereocenters. The maximum atomic E-state index is 10.7. The first kappa shape index (κ1) is 14.7. The molecule has 1 aliphatic heterocycles. The highest BCUT2D eigenvalue weighted by atomic mass is 16.6. The van der Waals surface area contributed by atoms with E-state index in [4.69, 9.17) is 0 Å². The third kappa shape index (κ3) is 2.73. The van der Waals surface area contributed by atoms with Crippen molar-refractivity contribution in [1.29, 1.82) is 0 Å². The standard InChI is InChI=1S/C17H18N2O3/c1-18-11-13-4-2-3-5-15(13)16(18)10-17(20)12-6-8-14(9-7-12)19(21)22/h2-9,16-17,20H,10-11H2,1H3/t16-,17+/m0/s1. The van der Waals surface area contributed by atoms with Crippen LogP contribution in [-0.4, -0.2) is 22.0 Å². The van der Waals surface area contributed by atoms with Crippen LogP contribution in [0.2, 0.25) is 0 Å². The Hall–Kier alpha value is -2.24. The minimum atomic E-state index is -0.639. The molecule has 0 fully saturated rings. The SMILES string of the molecule is CN1Cc2ccccc2[C@@H]1C[C@@H](O)c1ccc([N+](=O)[O-])cc1. The molecule has 2 atom stereocenters. The van der Waals surface area contributed by atoms with Crippen LogP contribution >= 0.6 is 0 Å². The Morgan fingerprint density at radius 1 is 1.27 bits per heavy atom. The normalized spacial score (nSPS) is 18.9. The molecule has 0 saturated carbocycles. The van der Waals surface area contributed by atoms with Crippen LogP contribution in [0.15, 0.2) is 48.5 Å². The second-order valence-electron chi connectivity index (χ2n) is 5.73. The number of nitro groups is 1. The van der Waals surface area contributed by atoms with E-state index in [0.29, 0.717) is 12.0 Å². The van der Waals surface area contributed by atoms with Crippen molar-refractivity contribution in [1.82, 2.24) is 4.90 Å². The molecule has 0 spiro atoms. The molecular formula is C17H18N2O3. The summed E-state index contributed by atoms with van der Waals surface area (Å²) in [6.45, 7) is 0.883. The summed E-state index contributed by atoms with van der Waals surface area (Å²) in [4.78, 5) is 12.5. The zero-order valence-electron chi connectivity index (χ0n) is 12.3. The van der Waals surface area contributed by atoms with Gasteiger partial charge in [0, 0.05) is 24.7 Å². The molecule has 0 saturated heterocycles. The van der Waals surface area contributed by atoms with Crippen molar-refractivity contribution >= 4 is 5.69 Å². The van der Waals surface area contributed by atoms with E-state index in [-0.39, 0.29) is 11.7 Å². The van der Waals surface area contributed by atoms with Gasteiger partial charge in [0.25, 0.3) is 5.69 Å². The Kier molecular flexibility index (Phi) is 3.92. The Morgan fingerprint density at radius 3 is 2.64 bits per heavy atom. The maximum absolute atomic E-state index is 10.7. The molecule has 0 aliphatic carbocycles. The number of nitrogens with zero attached hydrogens (tertiary/aromatic N) is 2. The van der Waals surface area contributed by atoms with Gasteiger partial charge in [-0.25, -0.2) is 0 Å². The van der Waals surface area contributed by atoms with Crippen molar-refractivity contribution in [2.75, 3.05) is 7.05 Å². The highest BCUT2D eigenvalue weighted by molar-refractivity contribution is 5.36. The van der Waals surface area contributed by atoms with Gasteiger partial charge in [-0.05, 0) is 42.3 Å². The quantitative estimate of drug-likeness (QED) is 0.695. The molecule has 114 valence electrons. The van der Waals surface area contributed by atoms with Gasteiger partial charge in [-0.1, -0.05) is 24.3 Å². The van der Waals surface area contributed by atoms with Crippen molar-refractivity contribution < 1.29 is 10.0 Å². The Balaban J connectivity index is 1.77. The number of rotatable bonds is 4. The Bertz CT molecular complexity index is 685. The van der Waals surface area contributed by atoms with E-state index in [9.17, 15) is 15.2 Å². The number of fused-ring (bicyclic) bond motifs is 1. The number of benzene rings is 2. The number of aliphatic hydroxyl groups is 1. The molecule has 0 amide bonds. The summed E-state index contributed by atoms with van der Waals surface area (Å²) in [5, 5.41) is 21.1. The van der Waals surface area contributed by atoms with Crippen molar-refractivity contribution in [3.63, 3.8) is 0 Å². The number of nitro benzene ring substituents is 1. The summed E-state index contributed by atoms with van der Waals surface area (Å²) in [6, 6.07) is 14.6. The average molecular weight is 298 g/mol. The molecule has 1 heterocycles. The lowest BCUT2D eigenvalue weighted by Crippen LogP contribution is -2.19. The van der Waals surface area contributed by atoms with Crippen LogP contribution in [0.1, 0.15) is 35.3 Å². The lowest BCUT2D eigenvalue weighted by molar-refractivity contribution is -0.384. The number of aliphatic hydroxyl groups excluding tert-OH is 1. The van der Waals surface area contributed by atoms with Crippen LogP contribution in [-0.2, 0) is 6.54 Å². The third-order valence-electron chi connectivity index (χ3n) is 4.30. The van der Waals surface area contributed by atoms with Crippen molar-refractivity contribution in [3.8, 4) is 0 Å². The number of hydrogen-bond acceptors (Lipinski definition) is 4. The molecule has 0 aromatic heterocycles. The first-order valence-electron chi connectivity index (χ1n) is 7.26. The van der Waals surface area contributed by atoms with Crippen LogP contribution < -0.4 is 0 Å². The van der Waals surface area contributed by atoms with Gasteiger partial charge in [-0.3, -0.25) is 15.0 Å². The Labute approximate surface area is 129 Å². The summed E-state index contributed by atoms with van der Waals surface area (Å²) in [5.41, 5.74) is 3.31. The van der Waals surface area contributed by atoms with Crippen LogP contribution in [0.3, 0.4) is 0 Å². The van der Waals surface area contributed by atoms with Gasteiger partial charge in [0.15, 0.2) is 0 Å². The second kappa shape index (κ2) is 5.87. The summed E-state index contributed by atoms with van der Waals surface area (Å²) < 4.78 is 0. The third-order valence-corrected chi connectivity index (χ3v) is 4.30. The first-order chi connectivity index (χ1) is 10.6. The first-order valence-corrected chi connectivity index (χ1v) is 7.26. The van der Waals surface area contributed by atoms with Gasteiger partial charge in [-0.15, -0.1) is 0 Å². The fourth-order valence-electron chi connectivity index (χ4n) is 3.09. The topological polar surface area (TPSA) is 66.6 Å². The predicted molar refractivity (Wildman–Crippen MR) is 83.3 cm³/mol. The van der Waals surface area contributed by atoms with E-state index in [0.717, 1.165) is 6.54 Å². The van der Waals surface area contributed by atoms with E-state index in [1.807, 2.05) is 19.2 Å². The van der Waals surface area contributed by atoms with E-state index >= 15 is 0 Å². The highest BCUT2D eigenvalue weighted by Crippen LogP contribution is 2.38. The smallest absolute Gasteiger partial charge is 0.269 e. The molecule has 5 heteroatoms. The van der Waals surface area contributed by atoms with Gasteiger partial charge in [-0.2, -0.15) is 0 Å². The molecule has 22 heavy (non-hydrogen) atoms. The zero-order chi connectivity index (χ0) is 15.7. The lowest BCUT2D eigenvalue weighted by Gasteiger charge is -2.23. The average Bonchev–Trinajstić information content (AvgIpc) is 2.83. The van der Waals surface area contributed by atoms with Crippen molar-refractivity contribution in [2.24, 2.45) is 0 Å². The van der Waals surface area contributed by atoms with Gasteiger partial charge < -0.3 is 5.11 Å². The summed E-state index contributed by atoms with van der Waals surface area (Å²) >= 11 is 0. The molecule has 5 nitrogen and oxygen atoms in total. The van der Waals surface area contributed by atoms with Gasteiger partial charge in [0.05, 0.1) is 11.0 Å². The molecule has 2 aromatic carbocycles. The highest BCUT2D eigenvalue weighted by Gasteiger charge is 2.29. The van der Waals surface area contributed by atoms with Gasteiger partial charge in [0.2, 0.25) is 0 Å².